The summed E-state index contributed by atoms with van der Waals surface area (Å²) >= 11 is 0. The Kier molecular flexibility index (Phi) is 8.16. The van der Waals surface area contributed by atoms with Gasteiger partial charge in [-0.3, -0.25) is 9.59 Å². The van der Waals surface area contributed by atoms with Crippen LogP contribution in [0.5, 0.6) is 0 Å². The molecule has 0 bridgehead atoms. The van der Waals surface area contributed by atoms with Crippen LogP contribution in [0.3, 0.4) is 0 Å². The summed E-state index contributed by atoms with van der Waals surface area (Å²) in [5.41, 5.74) is 0. The normalized spacial score (nSPS) is 8.86. The standard InChI is InChI=1S/C8H12N2O2S2/c1-3-7(11)9-5-13-14-6-10-8(12)4-2/h3-4H,1-2,5-6H2,(H,9,11)(H,10,12). The maximum atomic E-state index is 10.7. The number of nitrogens with one attached hydrogen (secondary N) is 2. The Balaban J connectivity index is 3.21. The lowest BCUT2D eigenvalue weighted by atomic mass is 10.6. The first-order valence-electron chi connectivity index (χ1n) is 3.75. The van der Waals surface area contributed by atoms with Crippen molar-refractivity contribution < 1.29 is 9.59 Å². The quantitative estimate of drug-likeness (QED) is 0.296. The van der Waals surface area contributed by atoms with Crippen molar-refractivity contribution in [3.05, 3.63) is 25.3 Å². The zero-order valence-corrected chi connectivity index (χ0v) is 9.25. The van der Waals surface area contributed by atoms with Gasteiger partial charge in [-0.1, -0.05) is 34.7 Å². The molecule has 0 spiro atoms. The smallest absolute Gasteiger partial charge is 0.244 e. The molecule has 0 heterocycles. The lowest BCUT2D eigenvalue weighted by Gasteiger charge is -2.02. The van der Waals surface area contributed by atoms with Gasteiger partial charge in [-0.05, 0) is 12.2 Å². The molecule has 0 fully saturated rings. The molecule has 2 amide bonds. The third-order valence-electron chi connectivity index (χ3n) is 1.06. The van der Waals surface area contributed by atoms with E-state index in [1.165, 1.54) is 33.7 Å². The largest absolute Gasteiger partial charge is 0.343 e. The fourth-order valence-electron chi connectivity index (χ4n) is 0.429. The van der Waals surface area contributed by atoms with E-state index in [1.807, 2.05) is 0 Å². The molecule has 78 valence electrons. The fourth-order valence-corrected chi connectivity index (χ4v) is 1.85. The number of hydrogen-bond acceptors (Lipinski definition) is 4. The van der Waals surface area contributed by atoms with Crippen LogP contribution in [0.25, 0.3) is 0 Å². The fraction of sp³-hybridized carbons (Fsp3) is 0.250. The summed E-state index contributed by atoms with van der Waals surface area (Å²) in [6.07, 6.45) is 2.43. The van der Waals surface area contributed by atoms with Crippen LogP contribution in [0.15, 0.2) is 25.3 Å². The van der Waals surface area contributed by atoms with Crippen LogP contribution in [0.4, 0.5) is 0 Å². The van der Waals surface area contributed by atoms with E-state index < -0.39 is 0 Å². The molecule has 0 unspecified atom stereocenters. The Bertz CT molecular complexity index is 207. The topological polar surface area (TPSA) is 58.2 Å². The Labute approximate surface area is 91.0 Å². The van der Waals surface area contributed by atoms with E-state index in [-0.39, 0.29) is 11.8 Å². The molecule has 0 aromatic rings. The SMILES string of the molecule is C=CC(=O)NCSSCNC(=O)C=C. The molecule has 0 aliphatic carbocycles. The third kappa shape index (κ3) is 7.75. The number of amides is 2. The van der Waals surface area contributed by atoms with Gasteiger partial charge in [0.05, 0.1) is 11.8 Å². The summed E-state index contributed by atoms with van der Waals surface area (Å²) in [5.74, 6) is 0.570. The highest BCUT2D eigenvalue weighted by Crippen LogP contribution is 2.17. The zero-order chi connectivity index (χ0) is 10.8. The van der Waals surface area contributed by atoms with Crippen molar-refractivity contribution in [3.63, 3.8) is 0 Å². The summed E-state index contributed by atoms with van der Waals surface area (Å²) < 4.78 is 0. The summed E-state index contributed by atoms with van der Waals surface area (Å²) in [5, 5.41) is 5.17. The van der Waals surface area contributed by atoms with Gasteiger partial charge < -0.3 is 10.6 Å². The average molecular weight is 232 g/mol. The Morgan fingerprint density at radius 2 is 1.36 bits per heavy atom. The van der Waals surface area contributed by atoms with Crippen LogP contribution in [0.2, 0.25) is 0 Å². The van der Waals surface area contributed by atoms with Gasteiger partial charge in [0.15, 0.2) is 0 Å². The minimum atomic E-state index is -0.201. The van der Waals surface area contributed by atoms with Crippen LogP contribution in [-0.2, 0) is 9.59 Å². The highest BCUT2D eigenvalue weighted by molar-refractivity contribution is 8.76. The van der Waals surface area contributed by atoms with Crippen molar-refractivity contribution in [1.29, 1.82) is 0 Å². The van der Waals surface area contributed by atoms with Gasteiger partial charge in [0, 0.05) is 0 Å². The first kappa shape index (κ1) is 13.1. The van der Waals surface area contributed by atoms with E-state index in [0.29, 0.717) is 11.8 Å². The molecule has 6 heteroatoms. The molecular formula is C8H12N2O2S2. The van der Waals surface area contributed by atoms with Crippen molar-refractivity contribution in [2.24, 2.45) is 0 Å². The first-order valence-corrected chi connectivity index (χ1v) is 6.24. The Morgan fingerprint density at radius 1 is 1.00 bits per heavy atom. The second-order valence-electron chi connectivity index (χ2n) is 2.01. The van der Waals surface area contributed by atoms with Gasteiger partial charge in [0.2, 0.25) is 11.8 Å². The van der Waals surface area contributed by atoms with E-state index in [2.05, 4.69) is 23.8 Å². The van der Waals surface area contributed by atoms with Crippen molar-refractivity contribution in [2.75, 3.05) is 11.8 Å². The van der Waals surface area contributed by atoms with Gasteiger partial charge in [0.1, 0.15) is 0 Å². The number of hydrogen-bond donors (Lipinski definition) is 2. The second-order valence-corrected chi connectivity index (χ2v) is 4.48. The minimum absolute atomic E-state index is 0.201. The van der Waals surface area contributed by atoms with Crippen LogP contribution in [0, 0.1) is 0 Å². The number of rotatable bonds is 7. The zero-order valence-electron chi connectivity index (χ0n) is 7.62. The molecule has 0 aromatic heterocycles. The molecular weight excluding hydrogens is 220 g/mol. The molecule has 0 saturated carbocycles. The van der Waals surface area contributed by atoms with Crippen molar-refractivity contribution >= 4 is 33.4 Å². The van der Waals surface area contributed by atoms with Crippen LogP contribution < -0.4 is 10.6 Å². The molecule has 0 rings (SSSR count). The predicted octanol–water partition coefficient (Wildman–Crippen LogP) is 0.887. The van der Waals surface area contributed by atoms with Crippen molar-refractivity contribution in [3.8, 4) is 0 Å². The molecule has 0 aliphatic heterocycles. The summed E-state index contributed by atoms with van der Waals surface area (Å²) in [4.78, 5) is 21.3. The number of carbonyl (C=O) groups is 2. The molecule has 0 saturated heterocycles. The number of carbonyl (C=O) groups excluding carboxylic acids is 2. The highest BCUT2D eigenvalue weighted by atomic mass is 33.1. The molecule has 0 aromatic carbocycles. The molecule has 14 heavy (non-hydrogen) atoms. The maximum Gasteiger partial charge on any atom is 0.244 e. The van der Waals surface area contributed by atoms with Gasteiger partial charge >= 0.3 is 0 Å². The van der Waals surface area contributed by atoms with Crippen LogP contribution in [-0.4, -0.2) is 23.6 Å². The van der Waals surface area contributed by atoms with Gasteiger partial charge in [-0.25, -0.2) is 0 Å². The van der Waals surface area contributed by atoms with Crippen molar-refractivity contribution in [1.82, 2.24) is 10.6 Å². The Hall–Kier alpha value is -0.880. The van der Waals surface area contributed by atoms with E-state index in [1.54, 1.807) is 0 Å². The highest BCUT2D eigenvalue weighted by Gasteiger charge is 1.95. The molecule has 0 radical (unpaired) electrons. The van der Waals surface area contributed by atoms with E-state index in [4.69, 9.17) is 0 Å². The molecule has 2 N–H and O–H groups in total. The Morgan fingerprint density at radius 3 is 1.64 bits per heavy atom. The molecule has 0 atom stereocenters. The van der Waals surface area contributed by atoms with E-state index >= 15 is 0 Å². The third-order valence-corrected chi connectivity index (χ3v) is 2.96. The second kappa shape index (κ2) is 8.71. The van der Waals surface area contributed by atoms with E-state index in [0.717, 1.165) is 0 Å². The summed E-state index contributed by atoms with van der Waals surface area (Å²) in [6.45, 7) is 6.63. The van der Waals surface area contributed by atoms with Crippen molar-refractivity contribution in [2.45, 2.75) is 0 Å². The minimum Gasteiger partial charge on any atom is -0.343 e. The lowest BCUT2D eigenvalue weighted by molar-refractivity contribution is -0.116. The monoisotopic (exact) mass is 232 g/mol. The summed E-state index contributed by atoms with van der Waals surface area (Å²) in [6, 6.07) is 0. The lowest BCUT2D eigenvalue weighted by Crippen LogP contribution is -2.21. The predicted molar refractivity (Wildman–Crippen MR) is 61.6 cm³/mol. The summed E-state index contributed by atoms with van der Waals surface area (Å²) in [7, 11) is 2.87. The van der Waals surface area contributed by atoms with Crippen LogP contribution in [0.1, 0.15) is 0 Å². The van der Waals surface area contributed by atoms with Crippen LogP contribution >= 0.6 is 21.6 Å². The van der Waals surface area contributed by atoms with Gasteiger partial charge in [-0.15, -0.1) is 0 Å². The van der Waals surface area contributed by atoms with E-state index in [9.17, 15) is 9.59 Å². The van der Waals surface area contributed by atoms with Gasteiger partial charge in [0.25, 0.3) is 0 Å². The molecule has 4 nitrogen and oxygen atoms in total. The first-order chi connectivity index (χ1) is 6.70. The molecule has 0 aliphatic rings. The van der Waals surface area contributed by atoms with Gasteiger partial charge in [-0.2, -0.15) is 0 Å². The maximum absolute atomic E-state index is 10.7. The average Bonchev–Trinajstić information content (AvgIpc) is 2.22.